The third kappa shape index (κ3) is 4.76. The predicted octanol–water partition coefficient (Wildman–Crippen LogP) is 11.1. The molecule has 1 aliphatic rings. The van der Waals surface area contributed by atoms with Gasteiger partial charge in [-0.15, -0.1) is 0 Å². The predicted molar refractivity (Wildman–Crippen MR) is 187 cm³/mol. The molecule has 0 saturated heterocycles. The number of fused-ring (bicyclic) bond motifs is 3. The molecule has 2 heteroatoms. The van der Waals surface area contributed by atoms with Crippen LogP contribution in [-0.4, -0.2) is 9.97 Å². The van der Waals surface area contributed by atoms with Crippen molar-refractivity contribution < 1.29 is 0 Å². The lowest BCUT2D eigenvalue weighted by Gasteiger charge is -2.24. The van der Waals surface area contributed by atoms with E-state index in [1.165, 1.54) is 38.9 Å². The largest absolute Gasteiger partial charge is 0.228 e. The van der Waals surface area contributed by atoms with E-state index in [-0.39, 0.29) is 5.41 Å². The Bertz CT molecular complexity index is 2100. The second kappa shape index (κ2) is 10.8. The van der Waals surface area contributed by atoms with Crippen LogP contribution in [0.15, 0.2) is 158 Å². The maximum atomic E-state index is 5.04. The zero-order valence-corrected chi connectivity index (χ0v) is 25.4. The van der Waals surface area contributed by atoms with Gasteiger partial charge in [0, 0.05) is 22.1 Å². The van der Waals surface area contributed by atoms with Gasteiger partial charge in [0.1, 0.15) is 0 Å². The monoisotopic (exact) mass is 576 g/mol. The topological polar surface area (TPSA) is 25.8 Å². The highest BCUT2D eigenvalue weighted by Gasteiger charge is 2.37. The number of rotatable bonds is 5. The molecule has 0 unspecified atom stereocenters. The molecule has 0 saturated carbocycles. The van der Waals surface area contributed by atoms with Crippen LogP contribution in [-0.2, 0) is 5.41 Å². The van der Waals surface area contributed by atoms with E-state index in [9.17, 15) is 0 Å². The Morgan fingerprint density at radius 2 is 0.911 bits per heavy atom. The molecule has 7 aromatic rings. The van der Waals surface area contributed by atoms with E-state index in [1.54, 1.807) is 0 Å². The number of hydrogen-bond donors (Lipinski definition) is 0. The van der Waals surface area contributed by atoms with Gasteiger partial charge in [-0.2, -0.15) is 0 Å². The Labute approximate surface area is 264 Å². The second-order valence-corrected chi connectivity index (χ2v) is 12.3. The van der Waals surface area contributed by atoms with Gasteiger partial charge in [0.2, 0.25) is 0 Å². The highest BCUT2D eigenvalue weighted by molar-refractivity contribution is 5.88. The fourth-order valence-electron chi connectivity index (χ4n) is 6.86. The van der Waals surface area contributed by atoms with E-state index in [2.05, 4.69) is 135 Å². The van der Waals surface area contributed by atoms with Crippen LogP contribution in [0.4, 0.5) is 0 Å². The lowest BCUT2D eigenvalue weighted by molar-refractivity contribution is 0.662. The minimum Gasteiger partial charge on any atom is -0.228 e. The van der Waals surface area contributed by atoms with Crippen LogP contribution in [0.1, 0.15) is 25.0 Å². The second-order valence-electron chi connectivity index (χ2n) is 12.3. The highest BCUT2D eigenvalue weighted by atomic mass is 14.9. The maximum absolute atomic E-state index is 5.04. The molecule has 0 radical (unpaired) electrons. The normalized spacial score (nSPS) is 12.8. The molecule has 0 fully saturated rings. The van der Waals surface area contributed by atoms with E-state index < -0.39 is 0 Å². The third-order valence-electron chi connectivity index (χ3n) is 9.10. The summed E-state index contributed by atoms with van der Waals surface area (Å²) >= 11 is 0. The lowest BCUT2D eigenvalue weighted by atomic mass is 9.79. The first kappa shape index (κ1) is 27.0. The molecule has 0 N–H and O–H groups in total. The summed E-state index contributed by atoms with van der Waals surface area (Å²) in [6.07, 6.45) is 0. The molecule has 0 amide bonds. The number of aromatic nitrogens is 2. The lowest BCUT2D eigenvalue weighted by Crippen LogP contribution is -2.16. The number of benzene rings is 6. The molecule has 0 aliphatic heterocycles. The van der Waals surface area contributed by atoms with Crippen molar-refractivity contribution in [2.45, 2.75) is 19.3 Å². The smallest absolute Gasteiger partial charge is 0.160 e. The molecule has 214 valence electrons. The van der Waals surface area contributed by atoms with Gasteiger partial charge < -0.3 is 0 Å². The maximum Gasteiger partial charge on any atom is 0.160 e. The molecule has 0 spiro atoms. The molecular weight excluding hydrogens is 544 g/mol. The van der Waals surface area contributed by atoms with Crippen LogP contribution < -0.4 is 0 Å². The van der Waals surface area contributed by atoms with E-state index >= 15 is 0 Å². The van der Waals surface area contributed by atoms with Crippen molar-refractivity contribution in [1.29, 1.82) is 0 Å². The van der Waals surface area contributed by atoms with Gasteiger partial charge in [-0.05, 0) is 56.6 Å². The summed E-state index contributed by atoms with van der Waals surface area (Å²) in [6, 6.07) is 55.9. The fourth-order valence-corrected chi connectivity index (χ4v) is 6.86. The Morgan fingerprint density at radius 3 is 1.67 bits per heavy atom. The molecule has 8 rings (SSSR count). The first-order valence-corrected chi connectivity index (χ1v) is 15.5. The first-order valence-electron chi connectivity index (χ1n) is 15.5. The third-order valence-corrected chi connectivity index (χ3v) is 9.10. The quantitative estimate of drug-likeness (QED) is 0.204. The van der Waals surface area contributed by atoms with E-state index in [0.29, 0.717) is 0 Å². The molecular formula is C43H32N2. The summed E-state index contributed by atoms with van der Waals surface area (Å²) in [7, 11) is 0. The van der Waals surface area contributed by atoms with Crippen molar-refractivity contribution in [2.24, 2.45) is 0 Å². The van der Waals surface area contributed by atoms with E-state index in [1.807, 2.05) is 36.4 Å². The summed E-state index contributed by atoms with van der Waals surface area (Å²) in [5, 5.41) is 0. The van der Waals surface area contributed by atoms with Gasteiger partial charge in [0.25, 0.3) is 0 Å². The average Bonchev–Trinajstić information content (AvgIpc) is 3.35. The van der Waals surface area contributed by atoms with Gasteiger partial charge in [-0.25, -0.2) is 9.97 Å². The Balaban J connectivity index is 1.17. The van der Waals surface area contributed by atoms with Crippen LogP contribution in [0.3, 0.4) is 0 Å². The summed E-state index contributed by atoms with van der Waals surface area (Å²) in [6.45, 7) is 4.70. The summed E-state index contributed by atoms with van der Waals surface area (Å²) in [4.78, 5) is 10.00. The van der Waals surface area contributed by atoms with Crippen molar-refractivity contribution in [3.8, 4) is 67.3 Å². The molecule has 0 atom stereocenters. The highest BCUT2D eigenvalue weighted by Crippen LogP contribution is 2.52. The zero-order chi connectivity index (χ0) is 30.4. The zero-order valence-electron chi connectivity index (χ0n) is 25.4. The van der Waals surface area contributed by atoms with Crippen molar-refractivity contribution in [2.75, 3.05) is 0 Å². The van der Waals surface area contributed by atoms with Crippen molar-refractivity contribution in [3.05, 3.63) is 169 Å². The standard InChI is InChI=1S/C43H32N2/c1-43(2)38-22-10-9-19-36(38)37-21-12-20-35(41(37)43)30-25-23-29(24-26-30)33-17-11-18-34(27-33)40-28-39(31-13-5-3-6-14-31)44-42(45-40)32-15-7-4-8-16-32/h3-28H,1-2H3. The van der Waals surface area contributed by atoms with Gasteiger partial charge in [-0.3, -0.25) is 0 Å². The first-order chi connectivity index (χ1) is 22.1. The Hall–Kier alpha value is -5.60. The van der Waals surface area contributed by atoms with Crippen molar-refractivity contribution >= 4 is 0 Å². The minimum absolute atomic E-state index is 0.0513. The SMILES string of the molecule is CC1(C)c2ccccc2-c2cccc(-c3ccc(-c4cccc(-c5cc(-c6ccccc6)nc(-c6ccccc6)n5)c4)cc3)c21. The Kier molecular flexibility index (Phi) is 6.50. The van der Waals surface area contributed by atoms with Gasteiger partial charge in [-0.1, -0.05) is 159 Å². The number of nitrogens with zero attached hydrogens (tertiary/aromatic N) is 2. The van der Waals surface area contributed by atoms with Crippen LogP contribution in [0, 0.1) is 0 Å². The van der Waals surface area contributed by atoms with Crippen molar-refractivity contribution in [3.63, 3.8) is 0 Å². The van der Waals surface area contributed by atoms with E-state index in [4.69, 9.17) is 9.97 Å². The summed E-state index contributed by atoms with van der Waals surface area (Å²) in [5.41, 5.74) is 15.3. The number of hydrogen-bond acceptors (Lipinski definition) is 2. The molecule has 2 nitrogen and oxygen atoms in total. The average molecular weight is 577 g/mol. The molecule has 6 aromatic carbocycles. The summed E-state index contributed by atoms with van der Waals surface area (Å²) in [5.74, 6) is 0.724. The molecule has 1 aliphatic carbocycles. The molecule has 1 heterocycles. The summed E-state index contributed by atoms with van der Waals surface area (Å²) < 4.78 is 0. The Morgan fingerprint density at radius 1 is 0.378 bits per heavy atom. The molecule has 1 aromatic heterocycles. The van der Waals surface area contributed by atoms with Crippen LogP contribution in [0.5, 0.6) is 0 Å². The fraction of sp³-hybridized carbons (Fsp3) is 0.0698. The van der Waals surface area contributed by atoms with Gasteiger partial charge in [0.15, 0.2) is 5.82 Å². The van der Waals surface area contributed by atoms with Crippen LogP contribution in [0.2, 0.25) is 0 Å². The van der Waals surface area contributed by atoms with Crippen LogP contribution >= 0.6 is 0 Å². The molecule has 0 bridgehead atoms. The van der Waals surface area contributed by atoms with Crippen LogP contribution in [0.25, 0.3) is 67.3 Å². The van der Waals surface area contributed by atoms with Gasteiger partial charge in [0.05, 0.1) is 11.4 Å². The minimum atomic E-state index is -0.0513. The van der Waals surface area contributed by atoms with Crippen molar-refractivity contribution in [1.82, 2.24) is 9.97 Å². The molecule has 45 heavy (non-hydrogen) atoms. The van der Waals surface area contributed by atoms with Gasteiger partial charge >= 0.3 is 0 Å². The van der Waals surface area contributed by atoms with E-state index in [0.717, 1.165) is 39.5 Å².